The van der Waals surface area contributed by atoms with Gasteiger partial charge < -0.3 is 9.88 Å². The maximum absolute atomic E-state index is 11.9. The van der Waals surface area contributed by atoms with E-state index in [2.05, 4.69) is 10.3 Å². The Morgan fingerprint density at radius 2 is 2.19 bits per heavy atom. The van der Waals surface area contributed by atoms with Crippen molar-refractivity contribution in [2.75, 3.05) is 11.5 Å². The van der Waals surface area contributed by atoms with Crippen LogP contribution in [0.5, 0.6) is 0 Å². The van der Waals surface area contributed by atoms with Crippen LogP contribution in [0.3, 0.4) is 0 Å². The van der Waals surface area contributed by atoms with E-state index in [-0.39, 0.29) is 29.9 Å². The third-order valence-electron chi connectivity index (χ3n) is 3.30. The molecule has 8 heteroatoms. The van der Waals surface area contributed by atoms with Gasteiger partial charge in [-0.15, -0.1) is 11.3 Å². The predicted molar refractivity (Wildman–Crippen MR) is 80.3 cm³/mol. The summed E-state index contributed by atoms with van der Waals surface area (Å²) in [5.41, 5.74) is 0.696. The Bertz CT molecular complexity index is 735. The second kappa shape index (κ2) is 5.61. The minimum Gasteiger partial charge on any atom is -0.352 e. The van der Waals surface area contributed by atoms with Crippen molar-refractivity contribution in [2.45, 2.75) is 18.9 Å². The number of sulfone groups is 1. The molecule has 3 heterocycles. The summed E-state index contributed by atoms with van der Waals surface area (Å²) in [6.07, 6.45) is 4.46. The summed E-state index contributed by atoms with van der Waals surface area (Å²) in [5, 5.41) is 5.43. The number of carbonyl (C=O) groups excluding carboxylic acids is 1. The van der Waals surface area contributed by atoms with Gasteiger partial charge in [-0.25, -0.2) is 13.4 Å². The fourth-order valence-corrected chi connectivity index (χ4v) is 4.77. The second-order valence-corrected chi connectivity index (χ2v) is 8.12. The van der Waals surface area contributed by atoms with Crippen LogP contribution in [0, 0.1) is 0 Å². The molecule has 0 aliphatic carbocycles. The van der Waals surface area contributed by atoms with E-state index in [0.717, 1.165) is 5.13 Å². The Labute approximate surface area is 126 Å². The van der Waals surface area contributed by atoms with Gasteiger partial charge in [0.1, 0.15) is 0 Å². The molecule has 3 rings (SSSR count). The van der Waals surface area contributed by atoms with Crippen LogP contribution < -0.4 is 5.32 Å². The number of hydrogen-bond acceptors (Lipinski definition) is 5. The molecule has 0 aromatic carbocycles. The van der Waals surface area contributed by atoms with Gasteiger partial charge in [-0.05, 0) is 18.6 Å². The van der Waals surface area contributed by atoms with E-state index in [9.17, 15) is 13.2 Å². The highest BCUT2D eigenvalue weighted by Crippen LogP contribution is 2.16. The van der Waals surface area contributed by atoms with E-state index in [1.165, 1.54) is 11.3 Å². The van der Waals surface area contributed by atoms with Crippen molar-refractivity contribution in [3.05, 3.63) is 35.6 Å². The number of aromatic nitrogens is 2. The van der Waals surface area contributed by atoms with E-state index in [1.807, 2.05) is 34.5 Å². The molecule has 1 fully saturated rings. The number of rotatable bonds is 4. The van der Waals surface area contributed by atoms with Gasteiger partial charge in [0.15, 0.2) is 15.0 Å². The molecule has 1 saturated heterocycles. The quantitative estimate of drug-likeness (QED) is 0.901. The summed E-state index contributed by atoms with van der Waals surface area (Å²) in [6.45, 7) is 0. The largest absolute Gasteiger partial charge is 0.352 e. The summed E-state index contributed by atoms with van der Waals surface area (Å²) in [5.74, 6) is 0.0260. The van der Waals surface area contributed by atoms with Crippen LogP contribution >= 0.6 is 11.3 Å². The number of nitrogens with zero attached hydrogens (tertiary/aromatic N) is 2. The molecule has 1 amide bonds. The second-order valence-electron chi connectivity index (χ2n) is 5.06. The normalized spacial score (nSPS) is 20.5. The summed E-state index contributed by atoms with van der Waals surface area (Å²) >= 11 is 1.47. The Morgan fingerprint density at radius 1 is 1.43 bits per heavy atom. The molecule has 6 nitrogen and oxygen atoms in total. The zero-order valence-electron chi connectivity index (χ0n) is 11.2. The molecule has 1 aliphatic rings. The van der Waals surface area contributed by atoms with E-state index in [0.29, 0.717) is 12.1 Å². The Kier molecular flexibility index (Phi) is 3.81. The first-order valence-corrected chi connectivity index (χ1v) is 9.29. The summed E-state index contributed by atoms with van der Waals surface area (Å²) in [7, 11) is -2.97. The monoisotopic (exact) mass is 325 g/mol. The lowest BCUT2D eigenvalue weighted by molar-refractivity contribution is -0.121. The topological polar surface area (TPSA) is 81.1 Å². The van der Waals surface area contributed by atoms with Crippen LogP contribution in [0.4, 0.5) is 0 Å². The Balaban J connectivity index is 1.58. The number of carbonyl (C=O) groups is 1. The Morgan fingerprint density at radius 3 is 2.86 bits per heavy atom. The van der Waals surface area contributed by atoms with Gasteiger partial charge >= 0.3 is 0 Å². The van der Waals surface area contributed by atoms with Gasteiger partial charge in [0.2, 0.25) is 5.91 Å². The fraction of sp³-hybridized carbons (Fsp3) is 0.385. The van der Waals surface area contributed by atoms with Gasteiger partial charge in [0.05, 0.1) is 23.6 Å². The zero-order chi connectivity index (χ0) is 14.9. The minimum absolute atomic E-state index is 0.0461. The SMILES string of the molecule is O=C(Cc1csc(-n2cccc2)n1)N[C@@H]1CCS(=O)(=O)C1. The molecule has 0 saturated carbocycles. The Hall–Kier alpha value is -1.67. The average molecular weight is 325 g/mol. The van der Waals surface area contributed by atoms with Crippen molar-refractivity contribution in [1.82, 2.24) is 14.9 Å². The summed E-state index contributed by atoms with van der Waals surface area (Å²) in [6, 6.07) is 3.56. The van der Waals surface area contributed by atoms with Crippen LogP contribution in [-0.4, -0.2) is 41.4 Å². The molecule has 2 aromatic heterocycles. The summed E-state index contributed by atoms with van der Waals surface area (Å²) < 4.78 is 24.6. The predicted octanol–water partition coefficient (Wildman–Crippen LogP) is 0.780. The maximum atomic E-state index is 11.9. The molecular formula is C13H15N3O3S2. The number of thiazole rings is 1. The van der Waals surface area contributed by atoms with Crippen LogP contribution in [0.15, 0.2) is 29.9 Å². The molecule has 0 unspecified atom stereocenters. The van der Waals surface area contributed by atoms with Crippen molar-refractivity contribution in [1.29, 1.82) is 0 Å². The van der Waals surface area contributed by atoms with Crippen LogP contribution in [0.2, 0.25) is 0 Å². The minimum atomic E-state index is -2.97. The standard InChI is InChI=1S/C13H15N3O3S2/c17-12(14-10-3-6-21(18,19)9-10)7-11-8-20-13(15-11)16-4-1-2-5-16/h1-2,4-5,8,10H,3,6-7,9H2,(H,14,17)/t10-/m1/s1. The van der Waals surface area contributed by atoms with E-state index in [4.69, 9.17) is 0 Å². The van der Waals surface area contributed by atoms with Crippen molar-refractivity contribution >= 4 is 27.1 Å². The van der Waals surface area contributed by atoms with Gasteiger partial charge in [0.25, 0.3) is 0 Å². The number of nitrogens with one attached hydrogen (secondary N) is 1. The number of amides is 1. The molecule has 0 radical (unpaired) electrons. The highest BCUT2D eigenvalue weighted by molar-refractivity contribution is 7.91. The molecule has 21 heavy (non-hydrogen) atoms. The first-order valence-electron chi connectivity index (χ1n) is 6.59. The van der Waals surface area contributed by atoms with E-state index < -0.39 is 9.84 Å². The van der Waals surface area contributed by atoms with Crippen LogP contribution in [0.1, 0.15) is 12.1 Å². The summed E-state index contributed by atoms with van der Waals surface area (Å²) in [4.78, 5) is 16.3. The van der Waals surface area contributed by atoms with Gasteiger partial charge in [0, 0.05) is 23.8 Å². The molecule has 112 valence electrons. The van der Waals surface area contributed by atoms with Gasteiger partial charge in [-0.1, -0.05) is 0 Å². The average Bonchev–Trinajstić information content (AvgIpc) is 3.09. The van der Waals surface area contributed by atoms with E-state index in [1.54, 1.807) is 0 Å². The smallest absolute Gasteiger partial charge is 0.226 e. The number of hydrogen-bond donors (Lipinski definition) is 1. The highest BCUT2D eigenvalue weighted by Gasteiger charge is 2.28. The molecule has 0 spiro atoms. The molecule has 1 N–H and O–H groups in total. The third kappa shape index (κ3) is 3.51. The van der Waals surface area contributed by atoms with Crippen LogP contribution in [-0.2, 0) is 21.1 Å². The molecular weight excluding hydrogens is 310 g/mol. The highest BCUT2D eigenvalue weighted by atomic mass is 32.2. The van der Waals surface area contributed by atoms with Crippen molar-refractivity contribution in [3.8, 4) is 5.13 Å². The van der Waals surface area contributed by atoms with Gasteiger partial charge in [-0.2, -0.15) is 0 Å². The fourth-order valence-electron chi connectivity index (χ4n) is 2.31. The van der Waals surface area contributed by atoms with Crippen molar-refractivity contribution < 1.29 is 13.2 Å². The molecule has 1 aliphatic heterocycles. The first kappa shape index (κ1) is 14.3. The molecule has 0 bridgehead atoms. The van der Waals surface area contributed by atoms with E-state index >= 15 is 0 Å². The lowest BCUT2D eigenvalue weighted by Crippen LogP contribution is -2.36. The van der Waals surface area contributed by atoms with Gasteiger partial charge in [-0.3, -0.25) is 4.79 Å². The molecule has 1 atom stereocenters. The lowest BCUT2D eigenvalue weighted by Gasteiger charge is -2.09. The van der Waals surface area contributed by atoms with Crippen LogP contribution in [0.25, 0.3) is 5.13 Å². The zero-order valence-corrected chi connectivity index (χ0v) is 12.9. The first-order chi connectivity index (χ1) is 10.0. The van der Waals surface area contributed by atoms with Crippen molar-refractivity contribution in [3.63, 3.8) is 0 Å². The van der Waals surface area contributed by atoms with Crippen molar-refractivity contribution in [2.24, 2.45) is 0 Å². The lowest BCUT2D eigenvalue weighted by atomic mass is 10.2. The maximum Gasteiger partial charge on any atom is 0.226 e. The third-order valence-corrected chi connectivity index (χ3v) is 5.97. The molecule has 2 aromatic rings.